The molecule has 3 heteroatoms. The van der Waals surface area contributed by atoms with Crippen molar-refractivity contribution in [2.24, 2.45) is 0 Å². The lowest BCUT2D eigenvalue weighted by Crippen LogP contribution is -2.21. The minimum absolute atomic E-state index is 0.336. The van der Waals surface area contributed by atoms with Crippen LogP contribution in [0.3, 0.4) is 0 Å². The molecule has 0 aliphatic rings. The van der Waals surface area contributed by atoms with Gasteiger partial charge in [-0.05, 0) is 42.2 Å². The number of aromatic nitrogens is 1. The van der Waals surface area contributed by atoms with Crippen LogP contribution < -0.4 is 10.1 Å². The van der Waals surface area contributed by atoms with Crippen molar-refractivity contribution in [1.82, 2.24) is 10.3 Å². The number of hydrogen-bond acceptors (Lipinski definition) is 3. The van der Waals surface area contributed by atoms with Crippen molar-refractivity contribution >= 4 is 0 Å². The third kappa shape index (κ3) is 4.05. The molecule has 2 aromatic rings. The molecule has 0 bridgehead atoms. The summed E-state index contributed by atoms with van der Waals surface area (Å²) < 4.78 is 5.21. The van der Waals surface area contributed by atoms with E-state index in [9.17, 15) is 0 Å². The lowest BCUT2D eigenvalue weighted by atomic mass is 10.0. The molecular weight excluding hydrogens is 260 g/mol. The highest BCUT2D eigenvalue weighted by molar-refractivity contribution is 5.29. The van der Waals surface area contributed by atoms with Crippen molar-refractivity contribution in [2.45, 2.75) is 39.3 Å². The number of ether oxygens (including phenoxy) is 1. The summed E-state index contributed by atoms with van der Waals surface area (Å²) in [5.41, 5.74) is 3.74. The van der Waals surface area contributed by atoms with Gasteiger partial charge in [0, 0.05) is 18.8 Å². The maximum atomic E-state index is 5.21. The van der Waals surface area contributed by atoms with Crippen molar-refractivity contribution < 1.29 is 4.74 Å². The first kappa shape index (κ1) is 15.5. The lowest BCUT2D eigenvalue weighted by Gasteiger charge is -2.18. The summed E-state index contributed by atoms with van der Waals surface area (Å²) in [6.45, 7) is 5.16. The van der Waals surface area contributed by atoms with Gasteiger partial charge in [0.25, 0.3) is 0 Å². The highest BCUT2D eigenvalue weighted by Crippen LogP contribution is 2.20. The quantitative estimate of drug-likeness (QED) is 0.837. The number of nitrogens with one attached hydrogen (secondary N) is 1. The van der Waals surface area contributed by atoms with Crippen molar-refractivity contribution in [1.29, 1.82) is 0 Å². The molecule has 1 unspecified atom stereocenters. The number of hydrogen-bond donors (Lipinski definition) is 1. The van der Waals surface area contributed by atoms with Crippen LogP contribution in [0.25, 0.3) is 0 Å². The molecule has 0 radical (unpaired) electrons. The Labute approximate surface area is 127 Å². The van der Waals surface area contributed by atoms with E-state index < -0.39 is 0 Å². The fourth-order valence-electron chi connectivity index (χ4n) is 2.51. The Morgan fingerprint density at radius 1 is 1.14 bits per heavy atom. The summed E-state index contributed by atoms with van der Waals surface area (Å²) in [5, 5.41) is 3.61. The van der Waals surface area contributed by atoms with Crippen molar-refractivity contribution in [3.8, 4) is 5.75 Å². The van der Waals surface area contributed by atoms with E-state index in [0.717, 1.165) is 30.8 Å². The van der Waals surface area contributed by atoms with Crippen molar-refractivity contribution in [2.75, 3.05) is 7.11 Å². The fourth-order valence-corrected chi connectivity index (χ4v) is 2.51. The predicted octanol–water partition coefficient (Wildman–Crippen LogP) is 3.89. The largest absolute Gasteiger partial charge is 0.497 e. The Bertz CT molecular complexity index is 551. The van der Waals surface area contributed by atoms with Gasteiger partial charge in [-0.1, -0.05) is 32.0 Å². The third-order valence-corrected chi connectivity index (χ3v) is 3.81. The number of methoxy groups -OCH3 is 1. The molecule has 0 aliphatic heterocycles. The minimum atomic E-state index is 0.336. The van der Waals surface area contributed by atoms with Crippen molar-refractivity contribution in [3.63, 3.8) is 0 Å². The molecule has 0 spiro atoms. The smallest absolute Gasteiger partial charge is 0.118 e. The second-order valence-corrected chi connectivity index (χ2v) is 5.08. The average molecular weight is 284 g/mol. The van der Waals surface area contributed by atoms with Gasteiger partial charge in [0.05, 0.1) is 12.8 Å². The van der Waals surface area contributed by atoms with Gasteiger partial charge in [0.15, 0.2) is 0 Å². The topological polar surface area (TPSA) is 34.2 Å². The van der Waals surface area contributed by atoms with Crippen LogP contribution in [0.15, 0.2) is 42.6 Å². The Balaban J connectivity index is 2.04. The summed E-state index contributed by atoms with van der Waals surface area (Å²) in [4.78, 5) is 4.49. The van der Waals surface area contributed by atoms with Crippen LogP contribution >= 0.6 is 0 Å². The van der Waals surface area contributed by atoms with Crippen molar-refractivity contribution in [3.05, 3.63) is 59.4 Å². The zero-order chi connectivity index (χ0) is 15.1. The van der Waals surface area contributed by atoms with Gasteiger partial charge in [-0.25, -0.2) is 0 Å². The van der Waals surface area contributed by atoms with Gasteiger partial charge in [0.1, 0.15) is 5.75 Å². The van der Waals surface area contributed by atoms with Crippen LogP contribution in [0.5, 0.6) is 5.75 Å². The predicted molar refractivity (Wildman–Crippen MR) is 86.5 cm³/mol. The molecule has 0 fully saturated rings. The average Bonchev–Trinajstić information content (AvgIpc) is 2.56. The number of rotatable bonds is 7. The van der Waals surface area contributed by atoms with E-state index in [1.54, 1.807) is 7.11 Å². The van der Waals surface area contributed by atoms with E-state index in [0.29, 0.717) is 6.04 Å². The Morgan fingerprint density at radius 2 is 1.90 bits per heavy atom. The zero-order valence-corrected chi connectivity index (χ0v) is 13.1. The molecular formula is C18H24N2O. The first-order chi connectivity index (χ1) is 10.3. The fraction of sp³-hybridized carbons (Fsp3) is 0.389. The number of aryl methyl sites for hydroxylation is 1. The van der Waals surface area contributed by atoms with Crippen LogP contribution in [0.2, 0.25) is 0 Å². The highest BCUT2D eigenvalue weighted by Gasteiger charge is 2.10. The second-order valence-electron chi connectivity index (χ2n) is 5.08. The summed E-state index contributed by atoms with van der Waals surface area (Å²) in [6, 6.07) is 12.8. The Hall–Kier alpha value is -1.87. The van der Waals surface area contributed by atoms with Gasteiger partial charge < -0.3 is 10.1 Å². The van der Waals surface area contributed by atoms with E-state index in [2.05, 4.69) is 42.3 Å². The van der Waals surface area contributed by atoms with Gasteiger partial charge in [0.2, 0.25) is 0 Å². The highest BCUT2D eigenvalue weighted by atomic mass is 16.5. The molecule has 1 aromatic carbocycles. The van der Waals surface area contributed by atoms with E-state index in [4.69, 9.17) is 4.74 Å². The van der Waals surface area contributed by atoms with Gasteiger partial charge in [-0.2, -0.15) is 0 Å². The molecule has 2 rings (SSSR count). The number of nitrogens with zero attached hydrogens (tertiary/aromatic N) is 1. The first-order valence-electron chi connectivity index (χ1n) is 7.58. The van der Waals surface area contributed by atoms with E-state index in [1.165, 1.54) is 11.1 Å². The summed E-state index contributed by atoms with van der Waals surface area (Å²) in [6.07, 6.45) is 3.93. The summed E-state index contributed by atoms with van der Waals surface area (Å²) >= 11 is 0. The maximum Gasteiger partial charge on any atom is 0.118 e. The summed E-state index contributed by atoms with van der Waals surface area (Å²) in [7, 11) is 1.69. The second kappa shape index (κ2) is 7.79. The van der Waals surface area contributed by atoms with Crippen LogP contribution in [-0.2, 0) is 13.0 Å². The molecule has 1 N–H and O–H groups in total. The standard InChI is InChI=1S/C18H24N2O/c1-4-14-7-6-12-19-18(14)13-20-17(5-2)15-8-10-16(21-3)11-9-15/h6-12,17,20H,4-5,13H2,1-3H3. The molecule has 112 valence electrons. The Morgan fingerprint density at radius 3 is 2.52 bits per heavy atom. The van der Waals surface area contributed by atoms with E-state index in [-0.39, 0.29) is 0 Å². The summed E-state index contributed by atoms with van der Waals surface area (Å²) in [5.74, 6) is 0.895. The molecule has 0 aliphatic carbocycles. The molecule has 0 amide bonds. The van der Waals surface area contributed by atoms with Gasteiger partial charge in [-0.15, -0.1) is 0 Å². The van der Waals surface area contributed by atoms with Crippen LogP contribution in [-0.4, -0.2) is 12.1 Å². The Kier molecular flexibility index (Phi) is 5.76. The van der Waals surface area contributed by atoms with E-state index in [1.807, 2.05) is 24.4 Å². The zero-order valence-electron chi connectivity index (χ0n) is 13.1. The normalized spacial score (nSPS) is 12.1. The molecule has 1 atom stereocenters. The van der Waals surface area contributed by atoms with Crippen LogP contribution in [0.1, 0.15) is 43.1 Å². The van der Waals surface area contributed by atoms with Crippen LogP contribution in [0.4, 0.5) is 0 Å². The molecule has 21 heavy (non-hydrogen) atoms. The SMILES string of the molecule is CCc1cccnc1CNC(CC)c1ccc(OC)cc1. The monoisotopic (exact) mass is 284 g/mol. The molecule has 0 saturated carbocycles. The van der Waals surface area contributed by atoms with Crippen LogP contribution in [0, 0.1) is 0 Å². The number of benzene rings is 1. The third-order valence-electron chi connectivity index (χ3n) is 3.81. The molecule has 1 heterocycles. The maximum absolute atomic E-state index is 5.21. The minimum Gasteiger partial charge on any atom is -0.497 e. The van der Waals surface area contributed by atoms with Gasteiger partial charge in [-0.3, -0.25) is 4.98 Å². The van der Waals surface area contributed by atoms with Gasteiger partial charge >= 0.3 is 0 Å². The first-order valence-corrected chi connectivity index (χ1v) is 7.58. The number of pyridine rings is 1. The molecule has 0 saturated heterocycles. The lowest BCUT2D eigenvalue weighted by molar-refractivity contribution is 0.414. The van der Waals surface area contributed by atoms with E-state index >= 15 is 0 Å². The molecule has 3 nitrogen and oxygen atoms in total. The molecule has 1 aromatic heterocycles.